The minimum absolute atomic E-state index is 1.08. The molecule has 3 rings (SSSR count). The van der Waals surface area contributed by atoms with Crippen molar-refractivity contribution in [1.82, 2.24) is 4.98 Å². The van der Waals surface area contributed by atoms with Crippen LogP contribution in [0, 0.1) is 0 Å². The summed E-state index contributed by atoms with van der Waals surface area (Å²) in [6.45, 7) is 17.4. The number of hydrogen-bond acceptors (Lipinski definition) is 3. The molecule has 1 heterocycles. The maximum Gasteiger partial charge on any atom is 0.0781 e. The van der Waals surface area contributed by atoms with Crippen LogP contribution in [0.4, 0.5) is 11.4 Å². The van der Waals surface area contributed by atoms with Crippen molar-refractivity contribution >= 4 is 22.1 Å². The van der Waals surface area contributed by atoms with E-state index in [1.807, 2.05) is 20.0 Å². The van der Waals surface area contributed by atoms with Gasteiger partial charge < -0.3 is 9.80 Å². The van der Waals surface area contributed by atoms with E-state index in [4.69, 9.17) is 4.98 Å². The molecule has 32 heavy (non-hydrogen) atoms. The van der Waals surface area contributed by atoms with Gasteiger partial charge in [-0.25, -0.2) is 0 Å². The summed E-state index contributed by atoms with van der Waals surface area (Å²) >= 11 is 0. The molecule has 0 saturated heterocycles. The number of nitrogens with zero attached hydrogens (tertiary/aromatic N) is 3. The van der Waals surface area contributed by atoms with Gasteiger partial charge in [0.15, 0.2) is 0 Å². The van der Waals surface area contributed by atoms with Crippen LogP contribution in [-0.2, 0) is 0 Å². The molecule has 0 aliphatic heterocycles. The molecule has 0 saturated carbocycles. The zero-order valence-corrected chi connectivity index (χ0v) is 21.2. The smallest absolute Gasteiger partial charge is 0.0781 e. The van der Waals surface area contributed by atoms with Gasteiger partial charge in [-0.3, -0.25) is 4.98 Å². The minimum atomic E-state index is 1.08. The molecular weight excluding hydrogens is 390 g/mol. The molecule has 0 bridgehead atoms. The Kier molecular flexibility index (Phi) is 11.1. The van der Waals surface area contributed by atoms with Gasteiger partial charge in [-0.1, -0.05) is 65.8 Å². The molecule has 0 fully saturated rings. The lowest BCUT2D eigenvalue weighted by atomic mass is 10.0. The normalized spacial score (nSPS) is 10.6. The van der Waals surface area contributed by atoms with Gasteiger partial charge in [0.2, 0.25) is 0 Å². The van der Waals surface area contributed by atoms with E-state index in [2.05, 4.69) is 86.0 Å². The Balaban J connectivity index is 0.00000176. The summed E-state index contributed by atoms with van der Waals surface area (Å²) in [7, 11) is 0. The molecule has 3 aromatic rings. The van der Waals surface area contributed by atoms with Gasteiger partial charge in [0.05, 0.1) is 5.69 Å². The summed E-state index contributed by atoms with van der Waals surface area (Å²) in [5.41, 5.74) is 4.93. The Morgan fingerprint density at radius 1 is 0.656 bits per heavy atom. The molecule has 0 radical (unpaired) electrons. The maximum atomic E-state index is 4.82. The Bertz CT molecular complexity index is 883. The van der Waals surface area contributed by atoms with Crippen LogP contribution in [0.1, 0.15) is 67.2 Å². The lowest BCUT2D eigenvalue weighted by molar-refractivity contribution is 0.736. The van der Waals surface area contributed by atoms with Crippen molar-refractivity contribution in [2.45, 2.75) is 67.2 Å². The molecule has 0 atom stereocenters. The average Bonchev–Trinajstić information content (AvgIpc) is 2.84. The summed E-state index contributed by atoms with van der Waals surface area (Å²) in [6.07, 6.45) is 6.55. The molecule has 3 nitrogen and oxygen atoms in total. The molecule has 1 aromatic heterocycles. The molecule has 0 amide bonds. The molecule has 0 aliphatic rings. The number of fused-ring (bicyclic) bond motifs is 1. The number of hydrogen-bond donors (Lipinski definition) is 0. The van der Waals surface area contributed by atoms with E-state index >= 15 is 0 Å². The second kappa shape index (κ2) is 13.8. The van der Waals surface area contributed by atoms with Crippen LogP contribution in [0.15, 0.2) is 54.7 Å². The van der Waals surface area contributed by atoms with Crippen LogP contribution in [0.5, 0.6) is 0 Å². The Hall–Kier alpha value is -2.55. The van der Waals surface area contributed by atoms with E-state index in [1.165, 1.54) is 27.7 Å². The largest absolute Gasteiger partial charge is 0.371 e. The van der Waals surface area contributed by atoms with E-state index in [-0.39, 0.29) is 0 Å². The monoisotopic (exact) mass is 433 g/mol. The van der Waals surface area contributed by atoms with Crippen LogP contribution in [0.25, 0.3) is 22.0 Å². The topological polar surface area (TPSA) is 19.4 Å². The van der Waals surface area contributed by atoms with Gasteiger partial charge in [0, 0.05) is 54.7 Å². The van der Waals surface area contributed by atoms with Crippen molar-refractivity contribution < 1.29 is 0 Å². The highest BCUT2D eigenvalue weighted by Crippen LogP contribution is 2.34. The van der Waals surface area contributed by atoms with Crippen LogP contribution in [-0.4, -0.2) is 31.2 Å². The average molecular weight is 434 g/mol. The van der Waals surface area contributed by atoms with Crippen molar-refractivity contribution in [3.8, 4) is 11.3 Å². The van der Waals surface area contributed by atoms with Crippen LogP contribution >= 0.6 is 0 Å². The first kappa shape index (κ1) is 25.7. The highest BCUT2D eigenvalue weighted by Gasteiger charge is 2.14. The quantitative estimate of drug-likeness (QED) is 0.304. The summed E-state index contributed by atoms with van der Waals surface area (Å²) in [6, 6.07) is 17.8. The van der Waals surface area contributed by atoms with Gasteiger partial charge >= 0.3 is 0 Å². The zero-order valence-electron chi connectivity index (χ0n) is 21.2. The Labute approximate surface area is 196 Å². The van der Waals surface area contributed by atoms with Crippen LogP contribution in [0.3, 0.4) is 0 Å². The fourth-order valence-electron chi connectivity index (χ4n) is 4.27. The molecule has 0 unspecified atom stereocenters. The van der Waals surface area contributed by atoms with Gasteiger partial charge in [0.1, 0.15) is 0 Å². The molecule has 3 heteroatoms. The summed E-state index contributed by atoms with van der Waals surface area (Å²) in [5.74, 6) is 0. The standard InChI is InChI=1S/C27H37N3.C2H6/c1-5-15-29(16-6-2)24-19-23(20-25(21-24)30(17-7-3)18-8-4)27-26-12-10-9-11-22(26)13-14-28-27;1-2/h9-14,19-21H,5-8,15-18H2,1-4H3;1-2H3. The molecule has 0 aliphatic carbocycles. The lowest BCUT2D eigenvalue weighted by Crippen LogP contribution is -2.27. The molecule has 0 N–H and O–H groups in total. The first-order chi connectivity index (χ1) is 15.7. The molecule has 0 spiro atoms. The van der Waals surface area contributed by atoms with Crippen LogP contribution < -0.4 is 9.80 Å². The molecule has 174 valence electrons. The van der Waals surface area contributed by atoms with Gasteiger partial charge in [-0.15, -0.1) is 0 Å². The van der Waals surface area contributed by atoms with E-state index < -0.39 is 0 Å². The summed E-state index contributed by atoms with van der Waals surface area (Å²) in [4.78, 5) is 9.90. The fourth-order valence-corrected chi connectivity index (χ4v) is 4.27. The third-order valence-corrected chi connectivity index (χ3v) is 5.55. The number of pyridine rings is 1. The fraction of sp³-hybridized carbons (Fsp3) is 0.483. The van der Waals surface area contributed by atoms with Crippen molar-refractivity contribution in [2.75, 3.05) is 36.0 Å². The third-order valence-electron chi connectivity index (χ3n) is 5.55. The molecular formula is C29H43N3. The number of benzene rings is 2. The number of anilines is 2. The summed E-state index contributed by atoms with van der Waals surface area (Å²) in [5, 5.41) is 2.46. The van der Waals surface area contributed by atoms with E-state index in [0.29, 0.717) is 0 Å². The summed E-state index contributed by atoms with van der Waals surface area (Å²) < 4.78 is 0. The van der Waals surface area contributed by atoms with Gasteiger partial charge in [0.25, 0.3) is 0 Å². The first-order valence-electron chi connectivity index (χ1n) is 12.7. The SMILES string of the molecule is CC.CCCN(CCC)c1cc(-c2nccc3ccccc23)cc(N(CCC)CCC)c1. The first-order valence-corrected chi connectivity index (χ1v) is 12.7. The minimum Gasteiger partial charge on any atom is -0.371 e. The van der Waals surface area contributed by atoms with Crippen molar-refractivity contribution in [2.24, 2.45) is 0 Å². The maximum absolute atomic E-state index is 4.82. The van der Waals surface area contributed by atoms with E-state index in [9.17, 15) is 0 Å². The number of rotatable bonds is 11. The van der Waals surface area contributed by atoms with Gasteiger partial charge in [-0.2, -0.15) is 0 Å². The van der Waals surface area contributed by atoms with E-state index in [1.54, 1.807) is 0 Å². The highest BCUT2D eigenvalue weighted by atomic mass is 15.1. The second-order valence-electron chi connectivity index (χ2n) is 8.09. The van der Waals surface area contributed by atoms with Gasteiger partial charge in [-0.05, 0) is 55.3 Å². The Morgan fingerprint density at radius 3 is 1.66 bits per heavy atom. The second-order valence-corrected chi connectivity index (χ2v) is 8.09. The number of aromatic nitrogens is 1. The zero-order chi connectivity index (χ0) is 23.3. The van der Waals surface area contributed by atoms with Crippen molar-refractivity contribution in [3.63, 3.8) is 0 Å². The Morgan fingerprint density at radius 2 is 1.16 bits per heavy atom. The lowest BCUT2D eigenvalue weighted by Gasteiger charge is -2.29. The van der Waals surface area contributed by atoms with Crippen molar-refractivity contribution in [3.05, 3.63) is 54.7 Å². The predicted octanol–water partition coefficient (Wildman–Crippen LogP) is 8.18. The van der Waals surface area contributed by atoms with Crippen LogP contribution in [0.2, 0.25) is 0 Å². The van der Waals surface area contributed by atoms with E-state index in [0.717, 1.165) is 57.6 Å². The van der Waals surface area contributed by atoms with Crippen molar-refractivity contribution in [1.29, 1.82) is 0 Å². The molecule has 2 aromatic carbocycles. The third kappa shape index (κ3) is 6.48. The highest BCUT2D eigenvalue weighted by molar-refractivity contribution is 5.95. The predicted molar refractivity (Wildman–Crippen MR) is 144 cm³/mol.